The highest BCUT2D eigenvalue weighted by Crippen LogP contribution is 2.45. The number of benzene rings is 1. The summed E-state index contributed by atoms with van der Waals surface area (Å²) in [5, 5.41) is 0. The molecular weight excluding hydrogens is 188 g/mol. The largest absolute Gasteiger partial charge is 0.486 e. The molecule has 0 spiro atoms. The SMILES string of the molecule is CC1(c2ccc3c(c2)OCCO3)CCC1. The van der Waals surface area contributed by atoms with Gasteiger partial charge in [0.25, 0.3) is 0 Å². The molecule has 0 bridgehead atoms. The van der Waals surface area contributed by atoms with Crippen LogP contribution in [0.5, 0.6) is 11.5 Å². The number of rotatable bonds is 1. The fraction of sp³-hybridized carbons (Fsp3) is 0.538. The van der Waals surface area contributed by atoms with E-state index in [4.69, 9.17) is 9.47 Å². The summed E-state index contributed by atoms with van der Waals surface area (Å²) >= 11 is 0. The van der Waals surface area contributed by atoms with E-state index in [9.17, 15) is 0 Å². The Morgan fingerprint density at radius 3 is 2.47 bits per heavy atom. The third-order valence-corrected chi connectivity index (χ3v) is 3.70. The van der Waals surface area contributed by atoms with Crippen molar-refractivity contribution in [2.75, 3.05) is 13.2 Å². The first-order valence-electron chi connectivity index (χ1n) is 5.68. The average Bonchev–Trinajstić information content (AvgIpc) is 2.25. The van der Waals surface area contributed by atoms with Crippen molar-refractivity contribution in [2.24, 2.45) is 0 Å². The van der Waals surface area contributed by atoms with Crippen LogP contribution in [-0.4, -0.2) is 13.2 Å². The van der Waals surface area contributed by atoms with Gasteiger partial charge in [-0.1, -0.05) is 19.4 Å². The van der Waals surface area contributed by atoms with Gasteiger partial charge in [-0.15, -0.1) is 0 Å². The second-order valence-electron chi connectivity index (χ2n) is 4.77. The molecule has 2 heteroatoms. The van der Waals surface area contributed by atoms with Crippen molar-refractivity contribution < 1.29 is 9.47 Å². The third kappa shape index (κ3) is 1.39. The molecule has 0 N–H and O–H groups in total. The van der Waals surface area contributed by atoms with Crippen LogP contribution in [0.25, 0.3) is 0 Å². The summed E-state index contributed by atoms with van der Waals surface area (Å²) < 4.78 is 11.1. The molecule has 15 heavy (non-hydrogen) atoms. The Morgan fingerprint density at radius 2 is 1.80 bits per heavy atom. The molecule has 0 amide bonds. The van der Waals surface area contributed by atoms with E-state index in [-0.39, 0.29) is 0 Å². The molecule has 3 rings (SSSR count). The van der Waals surface area contributed by atoms with Gasteiger partial charge in [-0.05, 0) is 36.0 Å². The summed E-state index contributed by atoms with van der Waals surface area (Å²) in [6.07, 6.45) is 3.95. The van der Waals surface area contributed by atoms with Crippen LogP contribution in [0.1, 0.15) is 31.7 Å². The Bertz CT molecular complexity index is 380. The molecule has 2 aliphatic rings. The quantitative estimate of drug-likeness (QED) is 0.700. The molecule has 80 valence electrons. The van der Waals surface area contributed by atoms with Crippen molar-refractivity contribution in [2.45, 2.75) is 31.6 Å². The fourth-order valence-corrected chi connectivity index (χ4v) is 2.41. The number of ether oxygens (including phenoxy) is 2. The average molecular weight is 204 g/mol. The van der Waals surface area contributed by atoms with Crippen LogP contribution in [0.4, 0.5) is 0 Å². The van der Waals surface area contributed by atoms with Gasteiger partial charge in [0.05, 0.1) is 0 Å². The van der Waals surface area contributed by atoms with Gasteiger partial charge >= 0.3 is 0 Å². The lowest BCUT2D eigenvalue weighted by Crippen LogP contribution is -2.30. The summed E-state index contributed by atoms with van der Waals surface area (Å²) in [4.78, 5) is 0. The van der Waals surface area contributed by atoms with Crippen molar-refractivity contribution >= 4 is 0 Å². The molecule has 1 heterocycles. The van der Waals surface area contributed by atoms with Crippen LogP contribution in [0.3, 0.4) is 0 Å². The molecule has 0 aromatic heterocycles. The summed E-state index contributed by atoms with van der Waals surface area (Å²) in [6.45, 7) is 3.68. The maximum Gasteiger partial charge on any atom is 0.161 e. The van der Waals surface area contributed by atoms with Gasteiger partial charge < -0.3 is 9.47 Å². The second kappa shape index (κ2) is 3.16. The minimum Gasteiger partial charge on any atom is -0.486 e. The molecule has 1 aliphatic heterocycles. The first-order valence-corrected chi connectivity index (χ1v) is 5.68. The second-order valence-corrected chi connectivity index (χ2v) is 4.77. The van der Waals surface area contributed by atoms with Crippen LogP contribution in [0.15, 0.2) is 18.2 Å². The predicted molar refractivity (Wildman–Crippen MR) is 58.6 cm³/mol. The minimum atomic E-state index is 0.385. The Morgan fingerprint density at radius 1 is 1.07 bits per heavy atom. The molecule has 0 unspecified atom stereocenters. The van der Waals surface area contributed by atoms with Crippen molar-refractivity contribution in [3.05, 3.63) is 23.8 Å². The number of hydrogen-bond acceptors (Lipinski definition) is 2. The normalized spacial score (nSPS) is 21.9. The highest BCUT2D eigenvalue weighted by molar-refractivity contribution is 5.46. The van der Waals surface area contributed by atoms with Gasteiger partial charge in [0.15, 0.2) is 11.5 Å². The maximum absolute atomic E-state index is 5.60. The van der Waals surface area contributed by atoms with E-state index >= 15 is 0 Å². The van der Waals surface area contributed by atoms with E-state index in [1.807, 2.05) is 6.07 Å². The van der Waals surface area contributed by atoms with Crippen LogP contribution >= 0.6 is 0 Å². The van der Waals surface area contributed by atoms with Crippen molar-refractivity contribution in [3.63, 3.8) is 0 Å². The van der Waals surface area contributed by atoms with Crippen molar-refractivity contribution in [3.8, 4) is 11.5 Å². The first-order chi connectivity index (χ1) is 7.28. The van der Waals surface area contributed by atoms with E-state index in [1.54, 1.807) is 0 Å². The van der Waals surface area contributed by atoms with E-state index in [1.165, 1.54) is 24.8 Å². The van der Waals surface area contributed by atoms with Crippen molar-refractivity contribution in [1.82, 2.24) is 0 Å². The van der Waals surface area contributed by atoms with Gasteiger partial charge in [-0.25, -0.2) is 0 Å². The minimum absolute atomic E-state index is 0.385. The third-order valence-electron chi connectivity index (χ3n) is 3.70. The van der Waals surface area contributed by atoms with Crippen LogP contribution in [0.2, 0.25) is 0 Å². The lowest BCUT2D eigenvalue weighted by Gasteiger charge is -2.39. The Balaban J connectivity index is 1.97. The highest BCUT2D eigenvalue weighted by Gasteiger charge is 2.34. The van der Waals surface area contributed by atoms with E-state index < -0.39 is 0 Å². The molecule has 0 radical (unpaired) electrons. The number of hydrogen-bond donors (Lipinski definition) is 0. The Labute approximate surface area is 90.2 Å². The smallest absolute Gasteiger partial charge is 0.161 e. The molecule has 0 atom stereocenters. The van der Waals surface area contributed by atoms with E-state index in [0.717, 1.165) is 11.5 Å². The van der Waals surface area contributed by atoms with Gasteiger partial charge in [0.1, 0.15) is 13.2 Å². The van der Waals surface area contributed by atoms with Gasteiger partial charge in [-0.3, -0.25) is 0 Å². The maximum atomic E-state index is 5.60. The Hall–Kier alpha value is -1.18. The molecule has 2 nitrogen and oxygen atoms in total. The zero-order valence-electron chi connectivity index (χ0n) is 9.08. The molecular formula is C13H16O2. The standard InChI is InChI=1S/C13H16O2/c1-13(5-2-6-13)10-3-4-11-12(9-10)15-8-7-14-11/h3-4,9H,2,5-8H2,1H3. The number of fused-ring (bicyclic) bond motifs is 1. The van der Waals surface area contributed by atoms with Crippen LogP contribution < -0.4 is 9.47 Å². The van der Waals surface area contributed by atoms with Crippen molar-refractivity contribution in [1.29, 1.82) is 0 Å². The van der Waals surface area contributed by atoms with Gasteiger partial charge in [0, 0.05) is 0 Å². The molecule has 1 aliphatic carbocycles. The fourth-order valence-electron chi connectivity index (χ4n) is 2.41. The van der Waals surface area contributed by atoms with E-state index in [0.29, 0.717) is 18.6 Å². The van der Waals surface area contributed by atoms with E-state index in [2.05, 4.69) is 19.1 Å². The van der Waals surface area contributed by atoms with Crippen LogP contribution in [-0.2, 0) is 5.41 Å². The van der Waals surface area contributed by atoms with Gasteiger partial charge in [-0.2, -0.15) is 0 Å². The molecule has 1 aromatic carbocycles. The summed E-state index contributed by atoms with van der Waals surface area (Å²) in [6, 6.07) is 6.40. The zero-order chi connectivity index (χ0) is 10.3. The molecule has 1 saturated carbocycles. The molecule has 0 saturated heterocycles. The molecule has 1 fully saturated rings. The lowest BCUT2D eigenvalue weighted by molar-refractivity contribution is 0.170. The van der Waals surface area contributed by atoms with Crippen LogP contribution in [0, 0.1) is 0 Å². The summed E-state index contributed by atoms with van der Waals surface area (Å²) in [5.74, 6) is 1.82. The monoisotopic (exact) mass is 204 g/mol. The molecule has 1 aromatic rings. The highest BCUT2D eigenvalue weighted by atomic mass is 16.6. The Kier molecular flexibility index (Phi) is 1.91. The predicted octanol–water partition coefficient (Wildman–Crippen LogP) is 2.90. The summed E-state index contributed by atoms with van der Waals surface area (Å²) in [7, 11) is 0. The van der Waals surface area contributed by atoms with Gasteiger partial charge in [0.2, 0.25) is 0 Å². The summed E-state index contributed by atoms with van der Waals surface area (Å²) in [5.41, 5.74) is 1.79. The topological polar surface area (TPSA) is 18.5 Å². The zero-order valence-corrected chi connectivity index (χ0v) is 9.08. The first kappa shape index (κ1) is 9.08. The lowest BCUT2D eigenvalue weighted by atomic mass is 9.66.